The number of carbonyl (C=O) groups is 2. The lowest BCUT2D eigenvalue weighted by atomic mass is 10.2. The first-order valence-electron chi connectivity index (χ1n) is 8.83. The highest BCUT2D eigenvalue weighted by atomic mass is 79.9. The third-order valence-corrected chi connectivity index (χ3v) is 5.11. The molecule has 0 aliphatic carbocycles. The number of hydrogen-bond acceptors (Lipinski definition) is 4. The lowest BCUT2D eigenvalue weighted by molar-refractivity contribution is 0.0792. The molecule has 0 bridgehead atoms. The Hall–Kier alpha value is -2.45. The molecule has 1 aliphatic heterocycles. The van der Waals surface area contributed by atoms with Gasteiger partial charge in [-0.05, 0) is 67.5 Å². The summed E-state index contributed by atoms with van der Waals surface area (Å²) in [4.78, 5) is 26.7. The van der Waals surface area contributed by atoms with Gasteiger partial charge in [-0.2, -0.15) is 0 Å². The van der Waals surface area contributed by atoms with Gasteiger partial charge in [-0.1, -0.05) is 15.9 Å². The van der Waals surface area contributed by atoms with Crippen molar-refractivity contribution in [2.45, 2.75) is 12.8 Å². The van der Waals surface area contributed by atoms with Crippen molar-refractivity contribution in [3.05, 3.63) is 58.1 Å². The smallest absolute Gasteiger partial charge is 0.261 e. The number of hydrogen-bond donors (Lipinski definition) is 2. The van der Waals surface area contributed by atoms with Crippen LogP contribution in [0.4, 0.5) is 5.69 Å². The van der Waals surface area contributed by atoms with E-state index in [1.54, 1.807) is 42.5 Å². The molecule has 28 heavy (non-hydrogen) atoms. The van der Waals surface area contributed by atoms with Crippen molar-refractivity contribution in [3.63, 3.8) is 0 Å². The van der Waals surface area contributed by atoms with Crippen LogP contribution < -0.4 is 15.4 Å². The Labute approximate surface area is 177 Å². The van der Waals surface area contributed by atoms with Gasteiger partial charge in [0.15, 0.2) is 5.11 Å². The van der Waals surface area contributed by atoms with Crippen LogP contribution in [0, 0.1) is 0 Å². The summed E-state index contributed by atoms with van der Waals surface area (Å²) in [6, 6.07) is 12.2. The van der Waals surface area contributed by atoms with Gasteiger partial charge in [0.25, 0.3) is 11.8 Å². The maximum atomic E-state index is 12.5. The molecule has 0 atom stereocenters. The Bertz CT molecular complexity index is 896. The molecular formula is C20H20BrN3O3S. The Kier molecular flexibility index (Phi) is 6.64. The molecule has 2 amide bonds. The maximum Gasteiger partial charge on any atom is 0.261 e. The van der Waals surface area contributed by atoms with Crippen molar-refractivity contribution in [2.75, 3.05) is 25.5 Å². The summed E-state index contributed by atoms with van der Waals surface area (Å²) in [6.45, 7) is 1.63. The first-order chi connectivity index (χ1) is 13.5. The summed E-state index contributed by atoms with van der Waals surface area (Å²) in [5.41, 5.74) is 1.69. The lowest BCUT2D eigenvalue weighted by Crippen LogP contribution is -2.34. The van der Waals surface area contributed by atoms with Gasteiger partial charge in [0, 0.05) is 28.8 Å². The average molecular weight is 462 g/mol. The summed E-state index contributed by atoms with van der Waals surface area (Å²) in [7, 11) is 1.50. The third kappa shape index (κ3) is 4.88. The van der Waals surface area contributed by atoms with Gasteiger partial charge < -0.3 is 15.0 Å². The molecule has 0 aromatic heterocycles. The fourth-order valence-corrected chi connectivity index (χ4v) is 3.56. The molecule has 146 valence electrons. The van der Waals surface area contributed by atoms with Crippen molar-refractivity contribution in [3.8, 4) is 5.75 Å². The van der Waals surface area contributed by atoms with Crippen molar-refractivity contribution in [1.82, 2.24) is 10.2 Å². The van der Waals surface area contributed by atoms with Gasteiger partial charge in [-0.25, -0.2) is 0 Å². The van der Waals surface area contributed by atoms with Crippen LogP contribution in [0.2, 0.25) is 0 Å². The van der Waals surface area contributed by atoms with Crippen LogP contribution in [0.15, 0.2) is 46.9 Å². The summed E-state index contributed by atoms with van der Waals surface area (Å²) >= 11 is 8.57. The van der Waals surface area contributed by atoms with E-state index in [9.17, 15) is 9.59 Å². The van der Waals surface area contributed by atoms with E-state index >= 15 is 0 Å². The molecule has 0 saturated carbocycles. The van der Waals surface area contributed by atoms with Crippen LogP contribution >= 0.6 is 28.1 Å². The van der Waals surface area contributed by atoms with Crippen LogP contribution in [-0.2, 0) is 0 Å². The second-order valence-corrected chi connectivity index (χ2v) is 7.65. The van der Waals surface area contributed by atoms with Gasteiger partial charge in [0.2, 0.25) is 0 Å². The van der Waals surface area contributed by atoms with Gasteiger partial charge >= 0.3 is 0 Å². The van der Waals surface area contributed by atoms with Gasteiger partial charge in [0.1, 0.15) is 5.75 Å². The highest BCUT2D eigenvalue weighted by molar-refractivity contribution is 9.10. The lowest BCUT2D eigenvalue weighted by Gasteiger charge is -2.16. The van der Waals surface area contributed by atoms with E-state index in [1.807, 2.05) is 4.90 Å². The highest BCUT2D eigenvalue weighted by Crippen LogP contribution is 2.23. The van der Waals surface area contributed by atoms with E-state index in [0.717, 1.165) is 30.4 Å². The van der Waals surface area contributed by atoms with Crippen molar-refractivity contribution in [2.24, 2.45) is 0 Å². The first-order valence-corrected chi connectivity index (χ1v) is 10.0. The normalized spacial score (nSPS) is 13.1. The monoisotopic (exact) mass is 461 g/mol. The van der Waals surface area contributed by atoms with Gasteiger partial charge in [-0.15, -0.1) is 0 Å². The standard InChI is InChI=1S/C20H20BrN3O3S/c1-27-17-9-6-14(21)12-16(17)18(25)23-20(28)22-15-7-4-13(5-8-15)19(26)24-10-2-3-11-24/h4-9,12H,2-3,10-11H2,1H3,(H2,22,23,25,28). The molecule has 3 rings (SSSR count). The molecule has 8 heteroatoms. The zero-order chi connectivity index (χ0) is 20.1. The van der Waals surface area contributed by atoms with Crippen LogP contribution in [0.25, 0.3) is 0 Å². The SMILES string of the molecule is COc1ccc(Br)cc1C(=O)NC(=S)Nc1ccc(C(=O)N2CCCC2)cc1. The number of halogens is 1. The number of nitrogens with one attached hydrogen (secondary N) is 2. The molecule has 2 aromatic rings. The Morgan fingerprint density at radius 3 is 2.43 bits per heavy atom. The molecule has 0 radical (unpaired) electrons. The van der Waals surface area contributed by atoms with Crippen LogP contribution in [0.5, 0.6) is 5.75 Å². The zero-order valence-electron chi connectivity index (χ0n) is 15.3. The molecule has 0 unspecified atom stereocenters. The Morgan fingerprint density at radius 2 is 1.79 bits per heavy atom. The molecular weight excluding hydrogens is 442 g/mol. The van der Waals surface area contributed by atoms with E-state index < -0.39 is 0 Å². The molecule has 6 nitrogen and oxygen atoms in total. The van der Waals surface area contributed by atoms with E-state index in [-0.39, 0.29) is 16.9 Å². The minimum atomic E-state index is -0.378. The fraction of sp³-hybridized carbons (Fsp3) is 0.250. The number of thiocarbonyl (C=S) groups is 1. The van der Waals surface area contributed by atoms with Crippen molar-refractivity contribution in [1.29, 1.82) is 0 Å². The topological polar surface area (TPSA) is 70.7 Å². The maximum absolute atomic E-state index is 12.5. The van der Waals surface area contributed by atoms with Crippen molar-refractivity contribution < 1.29 is 14.3 Å². The van der Waals surface area contributed by atoms with Crippen molar-refractivity contribution >= 4 is 50.8 Å². The average Bonchev–Trinajstić information content (AvgIpc) is 3.22. The molecule has 2 N–H and O–H groups in total. The largest absolute Gasteiger partial charge is 0.496 e. The molecule has 2 aromatic carbocycles. The second-order valence-electron chi connectivity index (χ2n) is 6.33. The molecule has 1 heterocycles. The van der Waals surface area contributed by atoms with Gasteiger partial charge in [-0.3, -0.25) is 14.9 Å². The number of likely N-dealkylation sites (tertiary alicyclic amines) is 1. The van der Waals surface area contributed by atoms with E-state index in [4.69, 9.17) is 17.0 Å². The highest BCUT2D eigenvalue weighted by Gasteiger charge is 2.19. The summed E-state index contributed by atoms with van der Waals surface area (Å²) < 4.78 is 5.98. The fourth-order valence-electron chi connectivity index (χ4n) is 2.99. The Balaban J connectivity index is 1.61. The van der Waals surface area contributed by atoms with E-state index in [0.29, 0.717) is 22.6 Å². The van der Waals surface area contributed by atoms with E-state index in [1.165, 1.54) is 7.11 Å². The first kappa shape index (κ1) is 20.3. The second kappa shape index (κ2) is 9.16. The minimum Gasteiger partial charge on any atom is -0.496 e. The van der Waals surface area contributed by atoms with Gasteiger partial charge in [0.05, 0.1) is 12.7 Å². The van der Waals surface area contributed by atoms with Crippen LogP contribution in [0.1, 0.15) is 33.6 Å². The van der Waals surface area contributed by atoms with E-state index in [2.05, 4.69) is 26.6 Å². The van der Waals surface area contributed by atoms with Crippen LogP contribution in [-0.4, -0.2) is 42.0 Å². The molecule has 1 aliphatic rings. The number of anilines is 1. The predicted octanol–water partition coefficient (Wildman–Crippen LogP) is 3.82. The number of ether oxygens (including phenoxy) is 1. The number of benzene rings is 2. The number of rotatable bonds is 4. The van der Waals surface area contributed by atoms with Crippen LogP contribution in [0.3, 0.4) is 0 Å². The number of carbonyl (C=O) groups excluding carboxylic acids is 2. The molecule has 1 fully saturated rings. The zero-order valence-corrected chi connectivity index (χ0v) is 17.7. The summed E-state index contributed by atoms with van der Waals surface area (Å²) in [6.07, 6.45) is 2.12. The minimum absolute atomic E-state index is 0.0432. The third-order valence-electron chi connectivity index (χ3n) is 4.42. The number of nitrogens with zero attached hydrogens (tertiary/aromatic N) is 1. The molecule has 1 saturated heterocycles. The summed E-state index contributed by atoms with van der Waals surface area (Å²) in [5.74, 6) is 0.117. The molecule has 0 spiro atoms. The number of amides is 2. The summed E-state index contributed by atoms with van der Waals surface area (Å²) in [5, 5.41) is 5.74. The number of methoxy groups -OCH3 is 1. The quantitative estimate of drug-likeness (QED) is 0.677. The Morgan fingerprint density at radius 1 is 1.11 bits per heavy atom. The predicted molar refractivity (Wildman–Crippen MR) is 116 cm³/mol.